The Balaban J connectivity index is 1.87. The van der Waals surface area contributed by atoms with Crippen molar-refractivity contribution in [2.75, 3.05) is 16.8 Å². The summed E-state index contributed by atoms with van der Waals surface area (Å²) in [6.45, 7) is 2.00. The molecule has 8 heteroatoms. The number of halogens is 1. The maximum atomic E-state index is 6.27. The number of nitrogen functional groups attached to an aromatic ring is 2. The molecular weight excluding hydrogens is 374 g/mol. The molecule has 4 aromatic rings. The number of benzene rings is 1. The number of aromatic nitrogens is 4. The molecule has 0 aliphatic heterocycles. The zero-order chi connectivity index (χ0) is 19.7. The number of fused-ring (bicyclic) bond motifs is 1. The Kier molecular flexibility index (Phi) is 4.67. The molecule has 140 valence electrons. The molecule has 1 aromatic carbocycles. The number of nitrogens with zero attached hydrogens (tertiary/aromatic N) is 4. The molecule has 0 spiro atoms. The predicted molar refractivity (Wildman–Crippen MR) is 113 cm³/mol. The monoisotopic (exact) mass is 391 g/mol. The van der Waals surface area contributed by atoms with Gasteiger partial charge in [0.15, 0.2) is 11.6 Å². The average molecular weight is 392 g/mol. The molecule has 1 atom stereocenters. The summed E-state index contributed by atoms with van der Waals surface area (Å²) in [5, 5.41) is 4.86. The van der Waals surface area contributed by atoms with Crippen LogP contribution in [-0.2, 0) is 0 Å². The molecule has 7 nitrogen and oxygen atoms in total. The Morgan fingerprint density at radius 2 is 1.89 bits per heavy atom. The summed E-state index contributed by atoms with van der Waals surface area (Å²) in [5.41, 5.74) is 15.7. The van der Waals surface area contributed by atoms with Crippen LogP contribution >= 0.6 is 11.6 Å². The van der Waals surface area contributed by atoms with Crippen LogP contribution in [0.15, 0.2) is 55.1 Å². The van der Waals surface area contributed by atoms with E-state index in [2.05, 4.69) is 25.3 Å². The van der Waals surface area contributed by atoms with Gasteiger partial charge < -0.3 is 16.8 Å². The molecule has 5 N–H and O–H groups in total. The molecule has 28 heavy (non-hydrogen) atoms. The molecular formula is C20H18ClN7. The van der Waals surface area contributed by atoms with E-state index in [0.29, 0.717) is 16.5 Å². The van der Waals surface area contributed by atoms with Gasteiger partial charge in [-0.05, 0) is 37.3 Å². The Morgan fingerprint density at radius 3 is 2.68 bits per heavy atom. The second kappa shape index (κ2) is 7.28. The number of hydrogen-bond acceptors (Lipinski definition) is 7. The van der Waals surface area contributed by atoms with Crippen LogP contribution in [0.2, 0.25) is 5.02 Å². The first-order chi connectivity index (χ1) is 13.5. The first-order valence-electron chi connectivity index (χ1n) is 8.66. The van der Waals surface area contributed by atoms with Gasteiger partial charge >= 0.3 is 0 Å². The number of anilines is 3. The Labute approximate surface area is 166 Å². The molecule has 0 fully saturated rings. The molecule has 3 heterocycles. The normalized spacial score (nSPS) is 12.1. The Hall–Kier alpha value is -3.45. The maximum Gasteiger partial charge on any atom is 0.155 e. The summed E-state index contributed by atoms with van der Waals surface area (Å²) in [5.74, 6) is 0.705. The highest BCUT2D eigenvalue weighted by molar-refractivity contribution is 6.31. The third-order valence-electron chi connectivity index (χ3n) is 4.51. The van der Waals surface area contributed by atoms with Crippen molar-refractivity contribution in [1.29, 1.82) is 0 Å². The molecule has 0 aliphatic carbocycles. The van der Waals surface area contributed by atoms with Crippen LogP contribution in [0, 0.1) is 0 Å². The third kappa shape index (κ3) is 3.27. The minimum absolute atomic E-state index is 0.176. The van der Waals surface area contributed by atoms with Gasteiger partial charge in [0.25, 0.3) is 0 Å². The van der Waals surface area contributed by atoms with Gasteiger partial charge in [-0.15, -0.1) is 0 Å². The van der Waals surface area contributed by atoms with Crippen LogP contribution in [0.1, 0.15) is 18.5 Å². The van der Waals surface area contributed by atoms with Crippen molar-refractivity contribution in [1.82, 2.24) is 19.9 Å². The summed E-state index contributed by atoms with van der Waals surface area (Å²) >= 11 is 6.27. The lowest BCUT2D eigenvalue weighted by Crippen LogP contribution is -2.13. The summed E-state index contributed by atoms with van der Waals surface area (Å²) in [6, 6.07) is 11.2. The van der Waals surface area contributed by atoms with Crippen LogP contribution in [0.4, 0.5) is 17.3 Å². The van der Waals surface area contributed by atoms with Crippen LogP contribution in [0.5, 0.6) is 0 Å². The van der Waals surface area contributed by atoms with Gasteiger partial charge in [0.1, 0.15) is 12.0 Å². The van der Waals surface area contributed by atoms with Crippen LogP contribution in [-0.4, -0.2) is 19.9 Å². The van der Waals surface area contributed by atoms with Crippen molar-refractivity contribution in [3.05, 3.63) is 65.7 Å². The second-order valence-electron chi connectivity index (χ2n) is 6.35. The van der Waals surface area contributed by atoms with E-state index in [1.54, 1.807) is 6.20 Å². The third-order valence-corrected chi connectivity index (χ3v) is 4.75. The number of rotatable bonds is 4. The summed E-state index contributed by atoms with van der Waals surface area (Å²) in [4.78, 5) is 17.2. The molecule has 0 amide bonds. The SMILES string of the molecule is CC(Nc1ncnc(N)c1N)c1cnc2ccc(Cl)cc2c1-c1ccccn1. The Bertz CT molecular complexity index is 1150. The quantitative estimate of drug-likeness (QED) is 0.480. The molecule has 0 bridgehead atoms. The topological polar surface area (TPSA) is 116 Å². The van der Waals surface area contributed by atoms with Gasteiger partial charge in [-0.3, -0.25) is 9.97 Å². The van der Waals surface area contributed by atoms with Gasteiger partial charge in [0.05, 0.1) is 17.3 Å². The molecule has 0 saturated carbocycles. The van der Waals surface area contributed by atoms with Gasteiger partial charge in [-0.2, -0.15) is 0 Å². The molecule has 0 saturated heterocycles. The van der Waals surface area contributed by atoms with E-state index in [1.807, 2.05) is 49.5 Å². The zero-order valence-corrected chi connectivity index (χ0v) is 15.9. The largest absolute Gasteiger partial charge is 0.393 e. The summed E-state index contributed by atoms with van der Waals surface area (Å²) in [7, 11) is 0. The highest BCUT2D eigenvalue weighted by Gasteiger charge is 2.19. The van der Waals surface area contributed by atoms with Crippen molar-refractivity contribution in [2.24, 2.45) is 0 Å². The standard InChI is InChI=1S/C20H18ClN7/c1-11(28-20-18(22)19(23)26-10-27-20)14-9-25-15-6-5-12(21)8-13(15)17(14)16-4-2-3-7-24-16/h2-11H,22H2,1H3,(H3,23,26,27,28). The highest BCUT2D eigenvalue weighted by atomic mass is 35.5. The van der Waals surface area contributed by atoms with Gasteiger partial charge in [-0.1, -0.05) is 17.7 Å². The molecule has 3 aromatic heterocycles. The fourth-order valence-electron chi connectivity index (χ4n) is 3.11. The van der Waals surface area contributed by atoms with Crippen molar-refractivity contribution < 1.29 is 0 Å². The van der Waals surface area contributed by atoms with E-state index in [9.17, 15) is 0 Å². The van der Waals surface area contributed by atoms with Crippen molar-refractivity contribution in [2.45, 2.75) is 13.0 Å². The van der Waals surface area contributed by atoms with E-state index in [-0.39, 0.29) is 11.9 Å². The highest BCUT2D eigenvalue weighted by Crippen LogP contribution is 2.36. The van der Waals surface area contributed by atoms with Crippen molar-refractivity contribution in [3.63, 3.8) is 0 Å². The van der Waals surface area contributed by atoms with E-state index < -0.39 is 0 Å². The average Bonchev–Trinajstić information content (AvgIpc) is 2.71. The van der Waals surface area contributed by atoms with Gasteiger partial charge in [0, 0.05) is 33.9 Å². The predicted octanol–water partition coefficient (Wildman–Crippen LogP) is 4.08. The minimum atomic E-state index is -0.176. The lowest BCUT2D eigenvalue weighted by molar-refractivity contribution is 0.870. The fraction of sp³-hybridized carbons (Fsp3) is 0.100. The van der Waals surface area contributed by atoms with E-state index >= 15 is 0 Å². The number of pyridine rings is 2. The maximum absolute atomic E-state index is 6.27. The lowest BCUT2D eigenvalue weighted by Gasteiger charge is -2.20. The zero-order valence-electron chi connectivity index (χ0n) is 15.1. The second-order valence-corrected chi connectivity index (χ2v) is 6.79. The van der Waals surface area contributed by atoms with Gasteiger partial charge in [0.2, 0.25) is 0 Å². The molecule has 0 aliphatic rings. The first kappa shape index (κ1) is 17.9. The Morgan fingerprint density at radius 1 is 1.04 bits per heavy atom. The van der Waals surface area contributed by atoms with Crippen LogP contribution in [0.3, 0.4) is 0 Å². The van der Waals surface area contributed by atoms with Gasteiger partial charge in [-0.25, -0.2) is 9.97 Å². The van der Waals surface area contributed by atoms with Crippen LogP contribution < -0.4 is 16.8 Å². The smallest absolute Gasteiger partial charge is 0.155 e. The minimum Gasteiger partial charge on any atom is -0.393 e. The van der Waals surface area contributed by atoms with E-state index in [0.717, 1.165) is 27.7 Å². The fourth-order valence-corrected chi connectivity index (χ4v) is 3.28. The molecule has 1 unspecified atom stereocenters. The van der Waals surface area contributed by atoms with Crippen LogP contribution in [0.25, 0.3) is 22.2 Å². The van der Waals surface area contributed by atoms with E-state index in [4.69, 9.17) is 23.1 Å². The number of hydrogen-bond donors (Lipinski definition) is 3. The lowest BCUT2D eigenvalue weighted by atomic mass is 9.96. The van der Waals surface area contributed by atoms with Crippen molar-refractivity contribution >= 4 is 39.8 Å². The molecule has 0 radical (unpaired) electrons. The number of nitrogens with one attached hydrogen (secondary N) is 1. The van der Waals surface area contributed by atoms with Crippen molar-refractivity contribution in [3.8, 4) is 11.3 Å². The summed E-state index contributed by atoms with van der Waals surface area (Å²) < 4.78 is 0. The number of nitrogens with two attached hydrogens (primary N) is 2. The van der Waals surface area contributed by atoms with E-state index in [1.165, 1.54) is 6.33 Å². The summed E-state index contributed by atoms with van der Waals surface area (Å²) in [6.07, 6.45) is 4.97. The first-order valence-corrected chi connectivity index (χ1v) is 9.04. The molecule has 4 rings (SSSR count).